The van der Waals surface area contributed by atoms with Crippen LogP contribution in [0.3, 0.4) is 0 Å². The van der Waals surface area contributed by atoms with Crippen LogP contribution in [0.1, 0.15) is 62.1 Å². The van der Waals surface area contributed by atoms with Gasteiger partial charge in [-0.05, 0) is 111 Å². The molecule has 0 bridgehead atoms. The molecule has 1 aliphatic carbocycles. The first-order valence-corrected chi connectivity index (χ1v) is 16.2. The zero-order chi connectivity index (χ0) is 31.6. The van der Waals surface area contributed by atoms with Gasteiger partial charge in [0.25, 0.3) is 0 Å². The number of halogens is 1. The van der Waals surface area contributed by atoms with Gasteiger partial charge in [0, 0.05) is 29.6 Å². The van der Waals surface area contributed by atoms with E-state index in [0.29, 0.717) is 29.1 Å². The van der Waals surface area contributed by atoms with E-state index < -0.39 is 0 Å². The third kappa shape index (κ3) is 8.32. The summed E-state index contributed by atoms with van der Waals surface area (Å²) in [5.74, 6) is 1.08. The smallest absolute Gasteiger partial charge is 0.212 e. The van der Waals surface area contributed by atoms with Crippen molar-refractivity contribution in [1.82, 2.24) is 15.5 Å². The van der Waals surface area contributed by atoms with Crippen molar-refractivity contribution in [2.75, 3.05) is 32.7 Å². The number of nitrogens with zero attached hydrogens (tertiary/aromatic N) is 3. The van der Waals surface area contributed by atoms with Gasteiger partial charge in [-0.1, -0.05) is 55.8 Å². The second kappa shape index (κ2) is 15.7. The number of allylic oxidation sites excluding steroid dienone is 2. The fraction of sp³-hybridized carbons (Fsp3) is 0.378. The fourth-order valence-electron chi connectivity index (χ4n) is 5.76. The highest BCUT2D eigenvalue weighted by Crippen LogP contribution is 2.34. The lowest BCUT2D eigenvalue weighted by atomic mass is 9.90. The Balaban J connectivity index is 0.000000598. The Bertz CT molecular complexity index is 1550. The number of aliphatic imine (C=N–C) groups is 2. The molecule has 7 nitrogen and oxygen atoms in total. The molecule has 2 aromatic rings. The lowest BCUT2D eigenvalue weighted by molar-refractivity contribution is -0.108. The highest BCUT2D eigenvalue weighted by atomic mass is 19.1. The van der Waals surface area contributed by atoms with Gasteiger partial charge in [0.1, 0.15) is 11.7 Å². The number of amides is 1. The average molecular weight is 609 g/mol. The standard InChI is InChI=1S/C32H34FN5O.C5H11N/c1-22-26(24-14-13-23(20-38-15-2-3-16-38)18-36-31(17-24)37-21-39)9-5-10-27(22)28-11-6-12-29(32(28)33)30(34)19-35-25-7-4-8-25;1-2-5-3-6-4-5/h5-6,9-14,17-19,21H,2-4,7-8,15-16,20,34H2,1H3,(H,36,37,39);5-6H,2-4H2,1H3/b30-19-;. The van der Waals surface area contributed by atoms with E-state index in [1.165, 1.54) is 32.4 Å². The molecule has 45 heavy (non-hydrogen) atoms. The zero-order valence-corrected chi connectivity index (χ0v) is 26.5. The molecule has 0 radical (unpaired) electrons. The summed E-state index contributed by atoms with van der Waals surface area (Å²) >= 11 is 0. The van der Waals surface area contributed by atoms with Crippen molar-refractivity contribution in [3.63, 3.8) is 0 Å². The van der Waals surface area contributed by atoms with E-state index in [1.807, 2.05) is 49.5 Å². The zero-order valence-electron chi connectivity index (χ0n) is 26.5. The van der Waals surface area contributed by atoms with E-state index >= 15 is 4.39 Å². The second-order valence-electron chi connectivity index (χ2n) is 12.1. The number of likely N-dealkylation sites (tertiary alicyclic amines) is 1. The minimum atomic E-state index is -0.372. The van der Waals surface area contributed by atoms with Crippen LogP contribution in [-0.4, -0.2) is 55.6 Å². The van der Waals surface area contributed by atoms with Gasteiger partial charge in [0.2, 0.25) is 6.41 Å². The Kier molecular flexibility index (Phi) is 11.3. The van der Waals surface area contributed by atoms with Crippen LogP contribution in [0.15, 0.2) is 82.6 Å². The van der Waals surface area contributed by atoms with Gasteiger partial charge >= 0.3 is 0 Å². The number of hydrogen-bond donors (Lipinski definition) is 3. The van der Waals surface area contributed by atoms with E-state index in [9.17, 15) is 4.79 Å². The summed E-state index contributed by atoms with van der Waals surface area (Å²) in [6.45, 7) is 9.71. The summed E-state index contributed by atoms with van der Waals surface area (Å²) < 4.78 is 15.8. The third-order valence-electron chi connectivity index (χ3n) is 8.96. The first-order valence-electron chi connectivity index (χ1n) is 16.2. The molecule has 3 heterocycles. The number of carbonyl (C=O) groups is 1. The number of benzene rings is 2. The number of amidine groups is 1. The minimum absolute atomic E-state index is 0.311. The van der Waals surface area contributed by atoms with Crippen molar-refractivity contribution in [1.29, 1.82) is 0 Å². The van der Waals surface area contributed by atoms with Crippen LogP contribution in [-0.2, 0) is 4.79 Å². The molecule has 0 spiro atoms. The van der Waals surface area contributed by atoms with Crippen LogP contribution in [0.5, 0.6) is 0 Å². The van der Waals surface area contributed by atoms with Crippen molar-refractivity contribution in [3.05, 3.63) is 95.1 Å². The highest BCUT2D eigenvalue weighted by Gasteiger charge is 2.18. The molecule has 2 saturated heterocycles. The molecule has 4 aliphatic rings. The van der Waals surface area contributed by atoms with Crippen LogP contribution >= 0.6 is 0 Å². The molecule has 4 N–H and O–H groups in total. The second-order valence-corrected chi connectivity index (χ2v) is 12.1. The Morgan fingerprint density at radius 3 is 2.47 bits per heavy atom. The quantitative estimate of drug-likeness (QED) is 0.303. The summed E-state index contributed by atoms with van der Waals surface area (Å²) in [7, 11) is 0. The molecule has 1 saturated carbocycles. The molecular formula is C37H45FN6O. The maximum atomic E-state index is 15.8. The highest BCUT2D eigenvalue weighted by molar-refractivity contribution is 6.06. The first kappa shape index (κ1) is 32.3. The van der Waals surface area contributed by atoms with Gasteiger partial charge in [-0.25, -0.2) is 9.38 Å². The van der Waals surface area contributed by atoms with Gasteiger partial charge in [0.05, 0.1) is 11.9 Å². The number of rotatable bonds is 8. The predicted molar refractivity (Wildman–Crippen MR) is 184 cm³/mol. The Morgan fingerprint density at radius 2 is 1.82 bits per heavy atom. The molecule has 6 rings (SSSR count). The minimum Gasteiger partial charge on any atom is -0.397 e. The summed E-state index contributed by atoms with van der Waals surface area (Å²) in [4.78, 5) is 22.6. The summed E-state index contributed by atoms with van der Waals surface area (Å²) in [5.41, 5.74) is 13.0. The molecule has 0 unspecified atom stereocenters. The van der Waals surface area contributed by atoms with Gasteiger partial charge < -0.3 is 16.4 Å². The molecule has 2 aromatic carbocycles. The van der Waals surface area contributed by atoms with Crippen molar-refractivity contribution < 1.29 is 9.18 Å². The molecule has 0 atom stereocenters. The van der Waals surface area contributed by atoms with Gasteiger partial charge in [-0.3, -0.25) is 14.7 Å². The maximum absolute atomic E-state index is 15.8. The molecule has 1 amide bonds. The molecule has 0 aromatic heterocycles. The van der Waals surface area contributed by atoms with Crippen molar-refractivity contribution in [2.45, 2.75) is 52.4 Å². The Morgan fingerprint density at radius 1 is 1.09 bits per heavy atom. The monoisotopic (exact) mass is 608 g/mol. The topological polar surface area (TPSA) is 95.1 Å². The number of nitrogens with one attached hydrogen (secondary N) is 2. The van der Waals surface area contributed by atoms with E-state index in [0.717, 1.165) is 78.4 Å². The van der Waals surface area contributed by atoms with E-state index in [4.69, 9.17) is 5.73 Å². The fourth-order valence-corrected chi connectivity index (χ4v) is 5.76. The number of carbonyl (C=O) groups excluding carboxylic acids is 1. The maximum Gasteiger partial charge on any atom is 0.212 e. The largest absolute Gasteiger partial charge is 0.397 e. The lowest BCUT2D eigenvalue weighted by Gasteiger charge is -2.25. The van der Waals surface area contributed by atoms with Crippen molar-refractivity contribution >= 4 is 29.2 Å². The molecule has 236 valence electrons. The lowest BCUT2D eigenvalue weighted by Crippen LogP contribution is -2.41. The SMILES string of the molecule is CCC1CNC1.Cc1c(/C2=C/C(NC=O)=N/C=C(CN3CCCC3)C=C2)cccc1-c1cccc(/C(N)=C/N=C2CCC2)c1F. The van der Waals surface area contributed by atoms with E-state index in [-0.39, 0.29) is 5.82 Å². The number of hydrogen-bond acceptors (Lipinski definition) is 6. The Hall–Kier alpha value is -4.14. The van der Waals surface area contributed by atoms with Gasteiger partial charge in [-0.15, -0.1) is 0 Å². The first-order chi connectivity index (χ1) is 22.0. The molecular weight excluding hydrogens is 563 g/mol. The number of nitrogens with two attached hydrogens (primary N) is 1. The normalized spacial score (nSPS) is 21.0. The summed E-state index contributed by atoms with van der Waals surface area (Å²) in [5, 5.41) is 5.91. The van der Waals surface area contributed by atoms with Crippen LogP contribution in [0.2, 0.25) is 0 Å². The van der Waals surface area contributed by atoms with Crippen molar-refractivity contribution in [3.8, 4) is 11.1 Å². The van der Waals surface area contributed by atoms with Crippen LogP contribution in [0.4, 0.5) is 4.39 Å². The van der Waals surface area contributed by atoms with Gasteiger partial charge in [-0.2, -0.15) is 0 Å². The van der Waals surface area contributed by atoms with Gasteiger partial charge in [0.15, 0.2) is 0 Å². The summed E-state index contributed by atoms with van der Waals surface area (Å²) in [6.07, 6.45) is 16.8. The van der Waals surface area contributed by atoms with Crippen molar-refractivity contribution in [2.24, 2.45) is 21.6 Å². The Labute approximate surface area is 266 Å². The predicted octanol–water partition coefficient (Wildman–Crippen LogP) is 6.38. The van der Waals surface area contributed by atoms with E-state index in [1.54, 1.807) is 18.3 Å². The van der Waals surface area contributed by atoms with Crippen LogP contribution in [0, 0.1) is 18.7 Å². The van der Waals surface area contributed by atoms with E-state index in [2.05, 4.69) is 38.5 Å². The third-order valence-corrected chi connectivity index (χ3v) is 8.96. The molecule has 3 aliphatic heterocycles. The van der Waals surface area contributed by atoms with Crippen LogP contribution < -0.4 is 16.4 Å². The van der Waals surface area contributed by atoms with Crippen LogP contribution in [0.25, 0.3) is 22.4 Å². The molecule has 3 fully saturated rings. The summed E-state index contributed by atoms with van der Waals surface area (Å²) in [6, 6.07) is 11.1. The average Bonchev–Trinajstić information content (AvgIpc) is 3.49. The molecule has 8 heteroatoms.